The average Bonchev–Trinajstić information content (AvgIpc) is 2.90. The van der Waals surface area contributed by atoms with Crippen LogP contribution in [0.3, 0.4) is 0 Å². The number of hydrogen-bond acceptors (Lipinski definition) is 5. The van der Waals surface area contributed by atoms with Crippen LogP contribution in [0.25, 0.3) is 0 Å². The minimum absolute atomic E-state index is 0. The molecular formula is C18H24ClFN4O4S. The number of sulfonamides is 1. The summed E-state index contributed by atoms with van der Waals surface area (Å²) < 4.78 is 41.2. The minimum atomic E-state index is -3.72. The molecule has 0 radical (unpaired) electrons. The molecule has 29 heavy (non-hydrogen) atoms. The highest BCUT2D eigenvalue weighted by Gasteiger charge is 2.26. The van der Waals surface area contributed by atoms with Gasteiger partial charge in [-0.3, -0.25) is 4.68 Å². The van der Waals surface area contributed by atoms with Crippen molar-refractivity contribution in [2.45, 2.75) is 24.8 Å². The summed E-state index contributed by atoms with van der Waals surface area (Å²) in [6.07, 6.45) is 1.17. The minimum Gasteiger partial charge on any atom is -0.477 e. The average molecular weight is 447 g/mol. The molecular weight excluding hydrogens is 423 g/mol. The van der Waals surface area contributed by atoms with Crippen LogP contribution in [0.15, 0.2) is 41.1 Å². The number of aryl methyl sites for hydroxylation is 1. The number of nitrogens with zero attached hydrogens (tertiary/aromatic N) is 3. The van der Waals surface area contributed by atoms with Gasteiger partial charge in [-0.2, -0.15) is 5.10 Å². The standard InChI is InChI=1S/C18H23FN4O4S.ClH/c1-12-15(17(18(24)25)23(21-12)11-14(19)8-9-20)10-13-6-4-5-7-16(13)28(26,27)22(2)3;/h4-8H,9-11,20H2,1-3H3,(H,24,25);1H/b14-8-;. The first-order chi connectivity index (χ1) is 13.1. The molecule has 3 N–H and O–H groups in total. The molecule has 0 saturated carbocycles. The summed E-state index contributed by atoms with van der Waals surface area (Å²) in [6, 6.07) is 6.36. The zero-order chi connectivity index (χ0) is 21.1. The van der Waals surface area contributed by atoms with Crippen LogP contribution in [0.1, 0.15) is 27.3 Å². The molecule has 8 nitrogen and oxygen atoms in total. The Kier molecular flexibility index (Phi) is 8.51. The molecule has 0 bridgehead atoms. The predicted molar refractivity (Wildman–Crippen MR) is 110 cm³/mol. The van der Waals surface area contributed by atoms with Crippen molar-refractivity contribution >= 4 is 28.4 Å². The van der Waals surface area contributed by atoms with Crippen molar-refractivity contribution in [2.75, 3.05) is 20.6 Å². The van der Waals surface area contributed by atoms with E-state index in [9.17, 15) is 22.7 Å². The summed E-state index contributed by atoms with van der Waals surface area (Å²) in [6.45, 7) is 1.22. The van der Waals surface area contributed by atoms with Gasteiger partial charge in [0.15, 0.2) is 5.69 Å². The highest BCUT2D eigenvalue weighted by atomic mass is 35.5. The SMILES string of the molecule is Cc1nn(C/C(F)=C/CN)c(C(=O)O)c1Cc1ccccc1S(=O)(=O)N(C)C.Cl. The Morgan fingerprint density at radius 3 is 2.52 bits per heavy atom. The monoisotopic (exact) mass is 446 g/mol. The molecule has 0 amide bonds. The van der Waals surface area contributed by atoms with Gasteiger partial charge in [0.05, 0.1) is 17.1 Å². The lowest BCUT2D eigenvalue weighted by molar-refractivity contribution is 0.0682. The van der Waals surface area contributed by atoms with E-state index in [1.807, 2.05) is 0 Å². The molecule has 0 saturated heterocycles. The van der Waals surface area contributed by atoms with Crippen molar-refractivity contribution in [3.05, 3.63) is 58.7 Å². The molecule has 0 atom stereocenters. The number of benzene rings is 1. The quantitative estimate of drug-likeness (QED) is 0.639. The van der Waals surface area contributed by atoms with Gasteiger partial charge in [0.1, 0.15) is 5.83 Å². The first kappa shape index (κ1) is 24.8. The molecule has 2 aromatic rings. The van der Waals surface area contributed by atoms with E-state index in [4.69, 9.17) is 5.73 Å². The number of carboxylic acids is 1. The van der Waals surface area contributed by atoms with Crippen LogP contribution in [0, 0.1) is 6.92 Å². The highest BCUT2D eigenvalue weighted by molar-refractivity contribution is 7.89. The Labute approximate surface area is 175 Å². The van der Waals surface area contributed by atoms with Gasteiger partial charge < -0.3 is 10.8 Å². The van der Waals surface area contributed by atoms with Crippen molar-refractivity contribution in [1.29, 1.82) is 0 Å². The van der Waals surface area contributed by atoms with E-state index in [0.29, 0.717) is 16.8 Å². The molecule has 0 aliphatic heterocycles. The Bertz CT molecular complexity index is 1020. The second-order valence-corrected chi connectivity index (χ2v) is 8.45. The van der Waals surface area contributed by atoms with Crippen LogP contribution < -0.4 is 5.73 Å². The van der Waals surface area contributed by atoms with E-state index in [0.717, 1.165) is 15.1 Å². The van der Waals surface area contributed by atoms with E-state index < -0.39 is 21.8 Å². The van der Waals surface area contributed by atoms with Crippen LogP contribution in [-0.4, -0.2) is 54.2 Å². The molecule has 0 unspecified atom stereocenters. The fourth-order valence-electron chi connectivity index (χ4n) is 2.81. The number of allylic oxidation sites excluding steroid dienone is 1. The van der Waals surface area contributed by atoms with E-state index in [1.54, 1.807) is 25.1 Å². The molecule has 0 fully saturated rings. The number of halogens is 2. The second-order valence-electron chi connectivity index (χ2n) is 6.33. The van der Waals surface area contributed by atoms with Crippen LogP contribution >= 0.6 is 12.4 Å². The lowest BCUT2D eigenvalue weighted by Gasteiger charge is -2.15. The van der Waals surface area contributed by atoms with Crippen molar-refractivity contribution in [2.24, 2.45) is 5.73 Å². The van der Waals surface area contributed by atoms with Crippen molar-refractivity contribution in [3.8, 4) is 0 Å². The normalized spacial score (nSPS) is 12.1. The summed E-state index contributed by atoms with van der Waals surface area (Å²) >= 11 is 0. The number of hydrogen-bond donors (Lipinski definition) is 2. The van der Waals surface area contributed by atoms with Gasteiger partial charge in [-0.25, -0.2) is 21.9 Å². The Morgan fingerprint density at radius 2 is 1.97 bits per heavy atom. The summed E-state index contributed by atoms with van der Waals surface area (Å²) in [5.74, 6) is -1.88. The van der Waals surface area contributed by atoms with Gasteiger partial charge in [0.2, 0.25) is 10.0 Å². The molecule has 0 aliphatic rings. The van der Waals surface area contributed by atoms with Crippen LogP contribution in [0.2, 0.25) is 0 Å². The molecule has 2 rings (SSSR count). The van der Waals surface area contributed by atoms with Gasteiger partial charge in [-0.1, -0.05) is 18.2 Å². The topological polar surface area (TPSA) is 119 Å². The first-order valence-corrected chi connectivity index (χ1v) is 9.88. The molecule has 1 aromatic heterocycles. The lowest BCUT2D eigenvalue weighted by Crippen LogP contribution is -2.23. The van der Waals surface area contributed by atoms with Gasteiger partial charge in [-0.05, 0) is 24.6 Å². The van der Waals surface area contributed by atoms with E-state index in [1.165, 1.54) is 20.2 Å². The maximum Gasteiger partial charge on any atom is 0.354 e. The molecule has 1 heterocycles. The number of carbonyl (C=O) groups is 1. The smallest absolute Gasteiger partial charge is 0.354 e. The number of aromatic carboxylic acids is 1. The van der Waals surface area contributed by atoms with Crippen LogP contribution in [0.5, 0.6) is 0 Å². The van der Waals surface area contributed by atoms with Crippen LogP contribution in [0.4, 0.5) is 4.39 Å². The number of nitrogens with two attached hydrogens (primary N) is 1. The predicted octanol–water partition coefficient (Wildman–Crippen LogP) is 1.96. The van der Waals surface area contributed by atoms with Crippen LogP contribution in [-0.2, 0) is 23.0 Å². The molecule has 160 valence electrons. The van der Waals surface area contributed by atoms with Gasteiger partial charge >= 0.3 is 5.97 Å². The largest absolute Gasteiger partial charge is 0.477 e. The zero-order valence-electron chi connectivity index (χ0n) is 16.3. The highest BCUT2D eigenvalue weighted by Crippen LogP contribution is 2.25. The summed E-state index contributed by atoms with van der Waals surface area (Å²) in [5.41, 5.74) is 6.23. The zero-order valence-corrected chi connectivity index (χ0v) is 17.9. The Hall–Kier alpha value is -2.27. The third-order valence-electron chi connectivity index (χ3n) is 4.19. The van der Waals surface area contributed by atoms with Gasteiger partial charge in [0, 0.05) is 32.6 Å². The maximum atomic E-state index is 13.9. The van der Waals surface area contributed by atoms with Gasteiger partial charge in [-0.15, -0.1) is 12.4 Å². The number of carboxylic acid groups (broad SMARTS) is 1. The lowest BCUT2D eigenvalue weighted by atomic mass is 10.0. The van der Waals surface area contributed by atoms with Gasteiger partial charge in [0.25, 0.3) is 0 Å². The fourth-order valence-corrected chi connectivity index (χ4v) is 3.92. The number of rotatable bonds is 8. The molecule has 0 spiro atoms. The molecule has 11 heteroatoms. The van der Waals surface area contributed by atoms with Crippen molar-refractivity contribution in [3.63, 3.8) is 0 Å². The maximum absolute atomic E-state index is 13.9. The third kappa shape index (κ3) is 5.41. The molecule has 1 aromatic carbocycles. The third-order valence-corrected chi connectivity index (χ3v) is 6.11. The van der Waals surface area contributed by atoms with E-state index >= 15 is 0 Å². The second kappa shape index (κ2) is 9.97. The van der Waals surface area contributed by atoms with E-state index in [2.05, 4.69) is 5.10 Å². The Balaban J connectivity index is 0.00000420. The Morgan fingerprint density at radius 1 is 1.34 bits per heavy atom. The fraction of sp³-hybridized carbons (Fsp3) is 0.333. The number of aromatic nitrogens is 2. The summed E-state index contributed by atoms with van der Waals surface area (Å²) in [7, 11) is -0.875. The summed E-state index contributed by atoms with van der Waals surface area (Å²) in [5, 5.41) is 13.8. The first-order valence-electron chi connectivity index (χ1n) is 8.44. The van der Waals surface area contributed by atoms with Crippen molar-refractivity contribution in [1.82, 2.24) is 14.1 Å². The summed E-state index contributed by atoms with van der Waals surface area (Å²) in [4.78, 5) is 11.9. The molecule has 0 aliphatic carbocycles. The van der Waals surface area contributed by atoms with Crippen molar-refractivity contribution < 1.29 is 22.7 Å². The van der Waals surface area contributed by atoms with E-state index in [-0.39, 0.29) is 42.5 Å².